The smallest absolute Gasteiger partial charge is 0.260 e. The molecule has 0 fully saturated rings. The van der Waals surface area contributed by atoms with E-state index in [1.54, 1.807) is 36.4 Å². The predicted octanol–water partition coefficient (Wildman–Crippen LogP) is 5.94. The van der Waals surface area contributed by atoms with E-state index in [0.717, 1.165) is 16.8 Å². The molecule has 0 radical (unpaired) electrons. The summed E-state index contributed by atoms with van der Waals surface area (Å²) in [6, 6.07) is 18.2. The molecular formula is C23H18Cl2N2O2. The molecule has 146 valence electrons. The van der Waals surface area contributed by atoms with Crippen LogP contribution < -0.4 is 10.5 Å². The molecule has 3 aromatic carbocycles. The van der Waals surface area contributed by atoms with Gasteiger partial charge in [-0.3, -0.25) is 4.79 Å². The Bertz CT molecular complexity index is 1280. The lowest BCUT2D eigenvalue weighted by molar-refractivity contribution is 0.482. The van der Waals surface area contributed by atoms with Crippen molar-refractivity contribution in [3.05, 3.63) is 81.1 Å². The highest BCUT2D eigenvalue weighted by molar-refractivity contribution is 6.34. The molecule has 0 aliphatic rings. The summed E-state index contributed by atoms with van der Waals surface area (Å²) in [6.07, 6.45) is 0. The zero-order valence-electron chi connectivity index (χ0n) is 15.8. The van der Waals surface area contributed by atoms with Gasteiger partial charge in [0.2, 0.25) is 0 Å². The quantitative estimate of drug-likeness (QED) is 0.427. The van der Waals surface area contributed by atoms with Crippen LogP contribution in [0, 0.1) is 0 Å². The number of H-pyrrole nitrogens is 1. The van der Waals surface area contributed by atoms with Gasteiger partial charge < -0.3 is 15.0 Å². The lowest BCUT2D eigenvalue weighted by Gasteiger charge is -2.14. The SMILES string of the molecule is CN(C)c1ccc(-c2cc3c(O)c(-c4cccc(Cl)c4)c(=O)[nH]c3cc2Cl)cc1. The molecule has 0 aliphatic carbocycles. The molecule has 6 heteroatoms. The molecule has 4 nitrogen and oxygen atoms in total. The van der Waals surface area contributed by atoms with Crippen LogP contribution in [0.5, 0.6) is 5.75 Å². The second-order valence-corrected chi connectivity index (χ2v) is 7.85. The summed E-state index contributed by atoms with van der Waals surface area (Å²) in [7, 11) is 3.95. The van der Waals surface area contributed by atoms with Crippen LogP contribution in [0.3, 0.4) is 0 Å². The number of rotatable bonds is 3. The van der Waals surface area contributed by atoms with Crippen molar-refractivity contribution in [2.75, 3.05) is 19.0 Å². The van der Waals surface area contributed by atoms with Gasteiger partial charge in [0.25, 0.3) is 5.56 Å². The first-order valence-corrected chi connectivity index (χ1v) is 9.73. The summed E-state index contributed by atoms with van der Waals surface area (Å²) in [6.45, 7) is 0. The summed E-state index contributed by atoms with van der Waals surface area (Å²) >= 11 is 12.6. The van der Waals surface area contributed by atoms with Crippen LogP contribution in [0.1, 0.15) is 0 Å². The predicted molar refractivity (Wildman–Crippen MR) is 121 cm³/mol. The first-order chi connectivity index (χ1) is 13.8. The third-order valence-corrected chi connectivity index (χ3v) is 5.43. The molecule has 0 bridgehead atoms. The van der Waals surface area contributed by atoms with Gasteiger partial charge >= 0.3 is 0 Å². The zero-order chi connectivity index (χ0) is 20.7. The number of hydrogen-bond acceptors (Lipinski definition) is 3. The molecule has 0 amide bonds. The Balaban J connectivity index is 1.93. The van der Waals surface area contributed by atoms with Crippen LogP contribution in [0.4, 0.5) is 5.69 Å². The number of halogens is 2. The van der Waals surface area contributed by atoms with Crippen molar-refractivity contribution in [1.82, 2.24) is 4.98 Å². The standard InChI is InChI=1S/C23H18Cl2N2O2/c1-27(2)16-8-6-13(7-9-16)17-11-18-20(12-19(17)25)26-23(29)21(22(18)28)14-4-3-5-15(24)10-14/h3-12H,1-2H3,(H2,26,28,29). The number of aromatic nitrogens is 1. The average Bonchev–Trinajstić information content (AvgIpc) is 2.68. The third-order valence-electron chi connectivity index (χ3n) is 4.88. The number of aromatic hydroxyl groups is 1. The summed E-state index contributed by atoms with van der Waals surface area (Å²) in [5.74, 6) is -0.103. The first-order valence-electron chi connectivity index (χ1n) is 8.97. The van der Waals surface area contributed by atoms with E-state index in [1.165, 1.54) is 0 Å². The highest BCUT2D eigenvalue weighted by Gasteiger charge is 2.16. The van der Waals surface area contributed by atoms with Gasteiger partial charge in [-0.05, 0) is 47.5 Å². The largest absolute Gasteiger partial charge is 0.506 e. The molecule has 4 rings (SSSR count). The number of fused-ring (bicyclic) bond motifs is 1. The van der Waals surface area contributed by atoms with Crippen molar-refractivity contribution in [3.8, 4) is 28.0 Å². The average molecular weight is 425 g/mol. The maximum atomic E-state index is 12.6. The zero-order valence-corrected chi connectivity index (χ0v) is 17.3. The van der Waals surface area contributed by atoms with Crippen molar-refractivity contribution in [1.29, 1.82) is 0 Å². The molecule has 0 unspecified atom stereocenters. The Morgan fingerprint density at radius 2 is 1.66 bits per heavy atom. The Kier molecular flexibility index (Phi) is 4.99. The maximum absolute atomic E-state index is 12.6. The van der Waals surface area contributed by atoms with Gasteiger partial charge in [-0.1, -0.05) is 47.5 Å². The minimum atomic E-state index is -0.406. The number of aromatic amines is 1. The fraction of sp³-hybridized carbons (Fsp3) is 0.0870. The van der Waals surface area contributed by atoms with Crippen LogP contribution in [0.2, 0.25) is 10.0 Å². The maximum Gasteiger partial charge on any atom is 0.260 e. The Labute approximate surface area is 177 Å². The van der Waals surface area contributed by atoms with Crippen LogP contribution >= 0.6 is 23.2 Å². The van der Waals surface area contributed by atoms with Crippen molar-refractivity contribution >= 4 is 39.8 Å². The minimum Gasteiger partial charge on any atom is -0.506 e. The van der Waals surface area contributed by atoms with Crippen molar-refractivity contribution in [2.45, 2.75) is 0 Å². The molecule has 0 saturated heterocycles. The Morgan fingerprint density at radius 3 is 2.31 bits per heavy atom. The summed E-state index contributed by atoms with van der Waals surface area (Å²) in [5.41, 5.74) is 3.54. The minimum absolute atomic E-state index is 0.103. The van der Waals surface area contributed by atoms with E-state index in [2.05, 4.69) is 4.98 Å². The van der Waals surface area contributed by atoms with Gasteiger partial charge in [0, 0.05) is 35.8 Å². The highest BCUT2D eigenvalue weighted by atomic mass is 35.5. The molecule has 0 aliphatic heterocycles. The van der Waals surface area contributed by atoms with Crippen molar-refractivity contribution < 1.29 is 5.11 Å². The molecule has 0 spiro atoms. The highest BCUT2D eigenvalue weighted by Crippen LogP contribution is 2.38. The lowest BCUT2D eigenvalue weighted by Crippen LogP contribution is -2.09. The van der Waals surface area contributed by atoms with E-state index in [1.807, 2.05) is 43.3 Å². The Morgan fingerprint density at radius 1 is 0.931 bits per heavy atom. The van der Waals surface area contributed by atoms with Crippen LogP contribution in [0.25, 0.3) is 33.2 Å². The topological polar surface area (TPSA) is 56.3 Å². The normalized spacial score (nSPS) is 11.0. The van der Waals surface area contributed by atoms with Gasteiger partial charge in [0.15, 0.2) is 0 Å². The number of hydrogen-bond donors (Lipinski definition) is 2. The van der Waals surface area contributed by atoms with Crippen LogP contribution in [0.15, 0.2) is 65.5 Å². The summed E-state index contributed by atoms with van der Waals surface area (Å²) < 4.78 is 0. The third kappa shape index (κ3) is 3.57. The molecule has 2 N–H and O–H groups in total. The number of nitrogens with one attached hydrogen (secondary N) is 1. The van der Waals surface area contributed by atoms with E-state index in [4.69, 9.17) is 23.2 Å². The second kappa shape index (κ2) is 7.47. The molecular weight excluding hydrogens is 407 g/mol. The van der Waals surface area contributed by atoms with Gasteiger partial charge in [-0.15, -0.1) is 0 Å². The molecule has 1 heterocycles. The Hall–Kier alpha value is -2.95. The molecule has 1 aromatic heterocycles. The van der Waals surface area contributed by atoms with Gasteiger partial charge in [-0.25, -0.2) is 0 Å². The van der Waals surface area contributed by atoms with E-state index in [-0.39, 0.29) is 11.3 Å². The lowest BCUT2D eigenvalue weighted by atomic mass is 9.99. The fourth-order valence-electron chi connectivity index (χ4n) is 3.37. The van der Waals surface area contributed by atoms with Crippen LogP contribution in [-0.4, -0.2) is 24.2 Å². The van der Waals surface area contributed by atoms with Crippen LogP contribution in [-0.2, 0) is 0 Å². The number of benzene rings is 3. The van der Waals surface area contributed by atoms with Gasteiger partial charge in [0.05, 0.1) is 16.1 Å². The number of nitrogens with zero attached hydrogens (tertiary/aromatic N) is 1. The van der Waals surface area contributed by atoms with E-state index < -0.39 is 5.56 Å². The van der Waals surface area contributed by atoms with E-state index in [9.17, 15) is 9.90 Å². The molecule has 4 aromatic rings. The van der Waals surface area contributed by atoms with Gasteiger partial charge in [-0.2, -0.15) is 0 Å². The number of pyridine rings is 1. The number of anilines is 1. The fourth-order valence-corrected chi connectivity index (χ4v) is 3.83. The van der Waals surface area contributed by atoms with E-state index in [0.29, 0.717) is 26.5 Å². The monoisotopic (exact) mass is 424 g/mol. The summed E-state index contributed by atoms with van der Waals surface area (Å²) in [4.78, 5) is 17.5. The van der Waals surface area contributed by atoms with Crippen molar-refractivity contribution in [2.24, 2.45) is 0 Å². The molecule has 29 heavy (non-hydrogen) atoms. The molecule has 0 atom stereocenters. The van der Waals surface area contributed by atoms with E-state index >= 15 is 0 Å². The van der Waals surface area contributed by atoms with Gasteiger partial charge in [0.1, 0.15) is 5.75 Å². The second-order valence-electron chi connectivity index (χ2n) is 7.01. The van der Waals surface area contributed by atoms with Crippen molar-refractivity contribution in [3.63, 3.8) is 0 Å². The first kappa shape index (κ1) is 19.4. The summed E-state index contributed by atoms with van der Waals surface area (Å²) in [5, 5.41) is 12.4. The molecule has 0 saturated carbocycles.